The number of amides is 1. The SMILES string of the molecule is CCCCCCCCC/C=C/C=C/CCCCCCCC(=O)OC(CCCCC/C=C/C=C/CCCCCCCCC)CC(=O)NC(CO)C(O)CCCCCCCCCCCCCCCCCC. The molecule has 6 heteroatoms. The zero-order chi connectivity index (χ0) is 50.2. The van der Waals surface area contributed by atoms with Crippen LogP contribution < -0.4 is 5.32 Å². The quantitative estimate of drug-likeness (QED) is 0.0321. The smallest absolute Gasteiger partial charge is 0.306 e. The Bertz CT molecular complexity index is 1180. The van der Waals surface area contributed by atoms with Crippen molar-refractivity contribution in [3.63, 3.8) is 0 Å². The molecule has 3 unspecified atom stereocenters. The van der Waals surface area contributed by atoms with E-state index in [1.54, 1.807) is 0 Å². The summed E-state index contributed by atoms with van der Waals surface area (Å²) >= 11 is 0. The fourth-order valence-electron chi connectivity index (χ4n) is 9.30. The molecule has 0 aliphatic heterocycles. The summed E-state index contributed by atoms with van der Waals surface area (Å²) in [5.74, 6) is -0.505. The van der Waals surface area contributed by atoms with Crippen LogP contribution in [0.25, 0.3) is 0 Å². The highest BCUT2D eigenvalue weighted by molar-refractivity contribution is 5.77. The second kappa shape index (κ2) is 56.7. The summed E-state index contributed by atoms with van der Waals surface area (Å²) in [6.07, 6.45) is 70.4. The van der Waals surface area contributed by atoms with Gasteiger partial charge in [-0.1, -0.05) is 275 Å². The summed E-state index contributed by atoms with van der Waals surface area (Å²) in [7, 11) is 0. The summed E-state index contributed by atoms with van der Waals surface area (Å²) in [5.41, 5.74) is 0. The zero-order valence-corrected chi connectivity index (χ0v) is 46.2. The van der Waals surface area contributed by atoms with Crippen LogP contribution in [0, 0.1) is 0 Å². The molecule has 0 saturated carbocycles. The molecule has 3 atom stereocenters. The molecule has 404 valence electrons. The minimum atomic E-state index is -0.799. The van der Waals surface area contributed by atoms with E-state index in [2.05, 4.69) is 74.7 Å². The van der Waals surface area contributed by atoms with E-state index in [9.17, 15) is 19.8 Å². The van der Waals surface area contributed by atoms with E-state index in [1.807, 2.05) is 0 Å². The average Bonchev–Trinajstić information content (AvgIpc) is 3.34. The third-order valence-corrected chi connectivity index (χ3v) is 13.9. The number of rotatable bonds is 55. The lowest BCUT2D eigenvalue weighted by Crippen LogP contribution is -2.46. The minimum Gasteiger partial charge on any atom is -0.462 e. The predicted octanol–water partition coefficient (Wildman–Crippen LogP) is 19.0. The third kappa shape index (κ3) is 52.0. The Hall–Kier alpha value is -2.18. The van der Waals surface area contributed by atoms with Crippen LogP contribution in [-0.4, -0.2) is 46.9 Å². The Morgan fingerprint density at radius 2 is 0.725 bits per heavy atom. The Labute approximate surface area is 429 Å². The van der Waals surface area contributed by atoms with Crippen LogP contribution in [0.5, 0.6) is 0 Å². The molecule has 1 amide bonds. The molecule has 0 heterocycles. The number of ether oxygens (including phenoxy) is 1. The molecule has 0 aliphatic rings. The molecule has 3 N–H and O–H groups in total. The summed E-state index contributed by atoms with van der Waals surface area (Å²) in [6, 6.07) is -0.715. The van der Waals surface area contributed by atoms with Crippen LogP contribution in [0.1, 0.15) is 316 Å². The number of unbranched alkanes of at least 4 members (excludes halogenated alkanes) is 37. The van der Waals surface area contributed by atoms with Crippen molar-refractivity contribution in [2.45, 2.75) is 334 Å². The monoisotopic (exact) mass is 968 g/mol. The number of aliphatic hydroxyl groups is 2. The molecule has 69 heavy (non-hydrogen) atoms. The Morgan fingerprint density at radius 1 is 0.420 bits per heavy atom. The van der Waals surface area contributed by atoms with Crippen LogP contribution in [-0.2, 0) is 14.3 Å². The molecular weight excluding hydrogens is 851 g/mol. The highest BCUT2D eigenvalue weighted by atomic mass is 16.5. The number of hydrogen-bond donors (Lipinski definition) is 3. The summed E-state index contributed by atoms with van der Waals surface area (Å²) in [5, 5.41) is 23.9. The molecule has 0 aromatic rings. The number of carbonyl (C=O) groups excluding carboxylic acids is 2. The molecule has 6 nitrogen and oxygen atoms in total. The first-order chi connectivity index (χ1) is 34.0. The molecule has 0 rings (SSSR count). The van der Waals surface area contributed by atoms with Crippen molar-refractivity contribution in [3.8, 4) is 0 Å². The highest BCUT2D eigenvalue weighted by Crippen LogP contribution is 2.18. The van der Waals surface area contributed by atoms with Crippen molar-refractivity contribution in [1.29, 1.82) is 0 Å². The zero-order valence-electron chi connectivity index (χ0n) is 46.2. The second-order valence-electron chi connectivity index (χ2n) is 20.8. The van der Waals surface area contributed by atoms with E-state index in [1.165, 1.54) is 186 Å². The highest BCUT2D eigenvalue weighted by Gasteiger charge is 2.24. The van der Waals surface area contributed by atoms with E-state index in [-0.39, 0.29) is 24.9 Å². The van der Waals surface area contributed by atoms with Gasteiger partial charge in [0.05, 0.1) is 25.2 Å². The average molecular weight is 969 g/mol. The van der Waals surface area contributed by atoms with Crippen LogP contribution in [0.2, 0.25) is 0 Å². The molecule has 0 radical (unpaired) electrons. The van der Waals surface area contributed by atoms with Crippen molar-refractivity contribution >= 4 is 11.9 Å². The Balaban J connectivity index is 4.60. The van der Waals surface area contributed by atoms with E-state index in [4.69, 9.17) is 4.74 Å². The lowest BCUT2D eigenvalue weighted by Gasteiger charge is -2.24. The molecule has 0 spiro atoms. The van der Waals surface area contributed by atoms with E-state index < -0.39 is 18.2 Å². The van der Waals surface area contributed by atoms with Crippen molar-refractivity contribution in [1.82, 2.24) is 5.32 Å². The van der Waals surface area contributed by atoms with Gasteiger partial charge in [-0.2, -0.15) is 0 Å². The van der Waals surface area contributed by atoms with Crippen molar-refractivity contribution < 1.29 is 24.5 Å². The van der Waals surface area contributed by atoms with E-state index in [0.29, 0.717) is 19.3 Å². The van der Waals surface area contributed by atoms with Crippen molar-refractivity contribution in [3.05, 3.63) is 48.6 Å². The number of allylic oxidation sites excluding steroid dienone is 8. The number of hydrogen-bond acceptors (Lipinski definition) is 5. The third-order valence-electron chi connectivity index (χ3n) is 13.9. The summed E-state index contributed by atoms with van der Waals surface area (Å²) in [4.78, 5) is 26.3. The molecular formula is C63H117NO5. The standard InChI is InChI=1S/C63H117NO5/c1-4-7-10-13-16-19-22-25-28-31-32-35-38-41-44-47-50-53-56-63(68)69-59(54-51-48-45-42-39-36-33-29-26-23-20-17-14-11-8-5-2)57-62(67)64-60(58-65)61(66)55-52-49-46-43-40-37-34-30-27-24-21-18-15-12-9-6-3/h28-29,31-33,35-36,39,59-61,65-66H,4-27,30,34,37-38,40-58H2,1-3H3,(H,64,67)/b31-28+,33-29+,35-32+,39-36+. The maximum absolute atomic E-state index is 13.3. The minimum absolute atomic E-state index is 0.0548. The maximum atomic E-state index is 13.3. The van der Waals surface area contributed by atoms with Gasteiger partial charge >= 0.3 is 5.97 Å². The van der Waals surface area contributed by atoms with Crippen LogP contribution >= 0.6 is 0 Å². The summed E-state index contributed by atoms with van der Waals surface area (Å²) < 4.78 is 5.95. The molecule has 0 fully saturated rings. The van der Waals surface area contributed by atoms with Crippen molar-refractivity contribution in [2.24, 2.45) is 0 Å². The molecule has 0 aromatic carbocycles. The Kier molecular flexibility index (Phi) is 54.9. The van der Waals surface area contributed by atoms with Gasteiger partial charge in [-0.25, -0.2) is 0 Å². The molecule has 0 aromatic heterocycles. The first-order valence-electron chi connectivity index (χ1n) is 30.4. The fraction of sp³-hybridized carbons (Fsp3) is 0.841. The fourth-order valence-corrected chi connectivity index (χ4v) is 9.30. The normalized spacial score (nSPS) is 13.4. The van der Waals surface area contributed by atoms with Gasteiger partial charge in [0.25, 0.3) is 0 Å². The van der Waals surface area contributed by atoms with E-state index >= 15 is 0 Å². The number of nitrogens with one attached hydrogen (secondary N) is 1. The first-order valence-corrected chi connectivity index (χ1v) is 30.4. The Morgan fingerprint density at radius 3 is 1.09 bits per heavy atom. The topological polar surface area (TPSA) is 95.9 Å². The van der Waals surface area contributed by atoms with Crippen LogP contribution in [0.4, 0.5) is 0 Å². The lowest BCUT2D eigenvalue weighted by atomic mass is 10.0. The van der Waals surface area contributed by atoms with E-state index in [0.717, 1.165) is 83.5 Å². The van der Waals surface area contributed by atoms with Crippen LogP contribution in [0.3, 0.4) is 0 Å². The second-order valence-corrected chi connectivity index (χ2v) is 20.8. The van der Waals surface area contributed by atoms with Gasteiger partial charge in [-0.15, -0.1) is 0 Å². The lowest BCUT2D eigenvalue weighted by molar-refractivity contribution is -0.151. The molecule has 0 saturated heterocycles. The largest absolute Gasteiger partial charge is 0.462 e. The molecule has 0 bridgehead atoms. The number of esters is 1. The van der Waals surface area contributed by atoms with Gasteiger partial charge in [0.1, 0.15) is 6.10 Å². The first kappa shape index (κ1) is 66.8. The van der Waals surface area contributed by atoms with Gasteiger partial charge in [-0.05, 0) is 77.0 Å². The maximum Gasteiger partial charge on any atom is 0.306 e. The van der Waals surface area contributed by atoms with Gasteiger partial charge in [0.2, 0.25) is 5.91 Å². The van der Waals surface area contributed by atoms with Gasteiger partial charge in [0.15, 0.2) is 0 Å². The van der Waals surface area contributed by atoms with Gasteiger partial charge < -0.3 is 20.3 Å². The summed E-state index contributed by atoms with van der Waals surface area (Å²) in [6.45, 7) is 6.50. The van der Waals surface area contributed by atoms with Gasteiger partial charge in [-0.3, -0.25) is 9.59 Å². The number of aliphatic hydroxyl groups excluding tert-OH is 2. The van der Waals surface area contributed by atoms with Crippen LogP contribution in [0.15, 0.2) is 48.6 Å². The van der Waals surface area contributed by atoms with Crippen molar-refractivity contribution in [2.75, 3.05) is 6.61 Å². The number of carbonyl (C=O) groups is 2. The predicted molar refractivity (Wildman–Crippen MR) is 301 cm³/mol. The van der Waals surface area contributed by atoms with Gasteiger partial charge in [0, 0.05) is 6.42 Å². The molecule has 0 aliphatic carbocycles.